The number of aromatic nitrogens is 3. The van der Waals surface area contributed by atoms with Crippen molar-refractivity contribution in [1.82, 2.24) is 24.8 Å². The van der Waals surface area contributed by atoms with Gasteiger partial charge < -0.3 is 25.0 Å². The second-order valence-corrected chi connectivity index (χ2v) is 13.1. The van der Waals surface area contributed by atoms with E-state index in [0.717, 1.165) is 53.0 Å². The number of carbonyl (C=O) groups excluding carboxylic acids is 1. The number of piperazine rings is 1. The van der Waals surface area contributed by atoms with Gasteiger partial charge in [-0.1, -0.05) is 30.0 Å². The molecule has 2 atom stereocenters. The molecule has 3 fully saturated rings. The summed E-state index contributed by atoms with van der Waals surface area (Å²) in [6, 6.07) is 7.96. The maximum absolute atomic E-state index is 13.8. The number of benzene rings is 1. The van der Waals surface area contributed by atoms with Gasteiger partial charge in [0.15, 0.2) is 11.0 Å². The van der Waals surface area contributed by atoms with Crippen LogP contribution in [0.4, 0.5) is 15.3 Å². The summed E-state index contributed by atoms with van der Waals surface area (Å²) in [6.45, 7) is 7.12. The van der Waals surface area contributed by atoms with E-state index in [1.165, 1.54) is 29.1 Å². The standard InChI is InChI=1S/C31H35FN8O3S/c1-19(32)28(41)40-14-13-38(16-20(40)7-10-33)27-22-17-42-24(21-5-2-6-25-26(21)36-29(34)44-25)15-23(22)35-30(37-27)43-18-31-8-3-11-39(31)12-4-9-31/h2,5-6,20,24H,1,3-4,7-9,11-18H2,(H2,34,36)/t20-,24?/m0/s1. The molecule has 4 aliphatic heterocycles. The molecule has 7 rings (SSSR count). The Balaban J connectivity index is 1.22. The third-order valence-electron chi connectivity index (χ3n) is 9.55. The highest BCUT2D eigenvalue weighted by Gasteiger charge is 2.45. The first-order chi connectivity index (χ1) is 21.3. The van der Waals surface area contributed by atoms with Gasteiger partial charge in [-0.05, 0) is 44.8 Å². The van der Waals surface area contributed by atoms with Gasteiger partial charge in [0.25, 0.3) is 5.91 Å². The first-order valence-electron chi connectivity index (χ1n) is 15.2. The molecule has 4 aliphatic rings. The fraction of sp³-hybridized carbons (Fsp3) is 0.516. The summed E-state index contributed by atoms with van der Waals surface area (Å²) < 4.78 is 27.7. The Morgan fingerprint density at radius 3 is 2.82 bits per heavy atom. The van der Waals surface area contributed by atoms with Crippen LogP contribution in [-0.4, -0.2) is 81.6 Å². The van der Waals surface area contributed by atoms with Crippen LogP contribution in [0.1, 0.15) is 55.0 Å². The van der Waals surface area contributed by atoms with E-state index < -0.39 is 17.8 Å². The van der Waals surface area contributed by atoms with E-state index in [1.54, 1.807) is 0 Å². The molecule has 44 heavy (non-hydrogen) atoms. The normalized spacial score (nSPS) is 22.9. The Hall–Kier alpha value is -3.86. The van der Waals surface area contributed by atoms with E-state index in [1.807, 2.05) is 23.1 Å². The number of nitrogens with two attached hydrogens (primary N) is 1. The molecule has 0 aliphatic carbocycles. The summed E-state index contributed by atoms with van der Waals surface area (Å²) in [5.74, 6) is -1.14. The molecule has 6 heterocycles. The van der Waals surface area contributed by atoms with Crippen LogP contribution in [0.5, 0.6) is 6.01 Å². The Kier molecular flexibility index (Phi) is 7.60. The molecule has 3 saturated heterocycles. The molecule has 3 aromatic rings. The number of para-hydroxylation sites is 1. The number of ether oxygens (including phenoxy) is 2. The Bertz CT molecular complexity index is 1650. The van der Waals surface area contributed by atoms with Crippen molar-refractivity contribution in [2.45, 2.75) is 62.8 Å². The molecule has 0 spiro atoms. The van der Waals surface area contributed by atoms with Gasteiger partial charge in [-0.15, -0.1) is 0 Å². The molecule has 0 saturated carbocycles. The molecular formula is C31H35FN8O3S. The summed E-state index contributed by atoms with van der Waals surface area (Å²) in [5, 5.41) is 10.0. The Morgan fingerprint density at radius 1 is 1.23 bits per heavy atom. The van der Waals surface area contributed by atoms with Crippen LogP contribution in [-0.2, 0) is 22.6 Å². The number of nitrogens with zero attached hydrogens (tertiary/aromatic N) is 7. The lowest BCUT2D eigenvalue weighted by atomic mass is 9.95. The van der Waals surface area contributed by atoms with Gasteiger partial charge in [0, 0.05) is 37.2 Å². The Labute approximate surface area is 259 Å². The number of thiazole rings is 1. The topological polar surface area (TPSA) is 134 Å². The van der Waals surface area contributed by atoms with Gasteiger partial charge in [0.05, 0.1) is 52.7 Å². The summed E-state index contributed by atoms with van der Waals surface area (Å²) in [7, 11) is 0. The zero-order valence-corrected chi connectivity index (χ0v) is 25.3. The highest BCUT2D eigenvalue weighted by atomic mass is 32.1. The number of halogens is 1. The maximum atomic E-state index is 13.8. The number of carbonyl (C=O) groups is 1. The largest absolute Gasteiger partial charge is 0.461 e. The zero-order valence-electron chi connectivity index (χ0n) is 24.5. The smallest absolute Gasteiger partial charge is 0.318 e. The molecule has 2 aromatic heterocycles. The minimum Gasteiger partial charge on any atom is -0.461 e. The van der Waals surface area contributed by atoms with Crippen molar-refractivity contribution in [3.63, 3.8) is 0 Å². The molecule has 11 nitrogen and oxygen atoms in total. The molecule has 230 valence electrons. The third kappa shape index (κ3) is 5.14. The van der Waals surface area contributed by atoms with Crippen molar-refractivity contribution in [3.8, 4) is 12.1 Å². The predicted octanol–water partition coefficient (Wildman–Crippen LogP) is 3.90. The first-order valence-corrected chi connectivity index (χ1v) is 16.0. The number of hydrogen-bond acceptors (Lipinski definition) is 11. The van der Waals surface area contributed by atoms with Crippen molar-refractivity contribution < 1.29 is 18.7 Å². The number of amides is 1. The average Bonchev–Trinajstić information content (AvgIpc) is 3.72. The van der Waals surface area contributed by atoms with E-state index in [9.17, 15) is 14.4 Å². The third-order valence-corrected chi connectivity index (χ3v) is 10.4. The second kappa shape index (κ2) is 11.6. The van der Waals surface area contributed by atoms with Crippen molar-refractivity contribution >= 4 is 38.4 Å². The molecule has 1 unspecified atom stereocenters. The summed E-state index contributed by atoms with van der Waals surface area (Å²) in [6.07, 6.45) is 4.82. The lowest BCUT2D eigenvalue weighted by molar-refractivity contribution is -0.131. The van der Waals surface area contributed by atoms with Crippen molar-refractivity contribution in [3.05, 3.63) is 47.4 Å². The monoisotopic (exact) mass is 618 g/mol. The van der Waals surface area contributed by atoms with E-state index in [2.05, 4.69) is 22.5 Å². The fourth-order valence-electron chi connectivity index (χ4n) is 7.41. The predicted molar refractivity (Wildman–Crippen MR) is 164 cm³/mol. The number of nitrogen functional groups attached to an aromatic ring is 1. The zero-order chi connectivity index (χ0) is 30.4. The summed E-state index contributed by atoms with van der Waals surface area (Å²) in [5.41, 5.74) is 9.55. The van der Waals surface area contributed by atoms with Crippen LogP contribution < -0.4 is 15.4 Å². The minimum absolute atomic E-state index is 0.0317. The van der Waals surface area contributed by atoms with Crippen LogP contribution in [0, 0.1) is 11.3 Å². The Morgan fingerprint density at radius 2 is 2.05 bits per heavy atom. The van der Waals surface area contributed by atoms with Crippen LogP contribution in [0.15, 0.2) is 30.6 Å². The summed E-state index contributed by atoms with van der Waals surface area (Å²) in [4.78, 5) is 32.9. The van der Waals surface area contributed by atoms with Crippen molar-refractivity contribution in [2.75, 3.05) is 50.0 Å². The van der Waals surface area contributed by atoms with Crippen molar-refractivity contribution in [1.29, 1.82) is 5.26 Å². The number of rotatable bonds is 7. The molecule has 1 amide bonds. The highest BCUT2D eigenvalue weighted by Crippen LogP contribution is 2.41. The quantitative estimate of drug-likeness (QED) is 0.389. The number of fused-ring (bicyclic) bond motifs is 3. The molecule has 0 bridgehead atoms. The first kappa shape index (κ1) is 28.9. The van der Waals surface area contributed by atoms with Gasteiger partial charge in [0.1, 0.15) is 12.4 Å². The van der Waals surface area contributed by atoms with E-state index >= 15 is 0 Å². The highest BCUT2D eigenvalue weighted by molar-refractivity contribution is 7.22. The van der Waals surface area contributed by atoms with E-state index in [0.29, 0.717) is 43.1 Å². The number of hydrogen-bond donors (Lipinski definition) is 1. The molecule has 0 radical (unpaired) electrons. The SMILES string of the molecule is C=C(F)C(=O)N1CCN(c2nc(OCC34CCCN3CCC4)nc3c2COC(c2cccc4sc(N)nc24)C3)C[C@@H]1CC#N. The lowest BCUT2D eigenvalue weighted by Crippen LogP contribution is -2.55. The number of anilines is 2. The molecule has 1 aromatic carbocycles. The van der Waals surface area contributed by atoms with E-state index in [-0.39, 0.29) is 31.2 Å². The van der Waals surface area contributed by atoms with Crippen LogP contribution >= 0.6 is 11.3 Å². The lowest BCUT2D eigenvalue weighted by Gasteiger charge is -2.42. The molecular weight excluding hydrogens is 583 g/mol. The van der Waals surface area contributed by atoms with Gasteiger partial charge in [-0.3, -0.25) is 9.69 Å². The number of nitriles is 1. The molecule has 2 N–H and O–H groups in total. The summed E-state index contributed by atoms with van der Waals surface area (Å²) >= 11 is 1.45. The van der Waals surface area contributed by atoms with Crippen LogP contribution in [0.3, 0.4) is 0 Å². The van der Waals surface area contributed by atoms with Gasteiger partial charge in [0.2, 0.25) is 0 Å². The second-order valence-electron chi connectivity index (χ2n) is 12.1. The maximum Gasteiger partial charge on any atom is 0.318 e. The van der Waals surface area contributed by atoms with Gasteiger partial charge in [-0.2, -0.15) is 15.2 Å². The van der Waals surface area contributed by atoms with Crippen LogP contribution in [0.25, 0.3) is 10.2 Å². The van der Waals surface area contributed by atoms with E-state index in [4.69, 9.17) is 25.2 Å². The average molecular weight is 619 g/mol. The fourth-order valence-corrected chi connectivity index (χ4v) is 8.18. The van der Waals surface area contributed by atoms with Gasteiger partial charge in [-0.25, -0.2) is 9.37 Å². The minimum atomic E-state index is -1.03. The van der Waals surface area contributed by atoms with Crippen LogP contribution in [0.2, 0.25) is 0 Å². The molecule has 13 heteroatoms. The van der Waals surface area contributed by atoms with Gasteiger partial charge >= 0.3 is 6.01 Å². The van der Waals surface area contributed by atoms with Crippen molar-refractivity contribution in [2.24, 2.45) is 0 Å².